The lowest BCUT2D eigenvalue weighted by Gasteiger charge is -2.28. The van der Waals surface area contributed by atoms with Crippen molar-refractivity contribution in [1.29, 1.82) is 0 Å². The fourth-order valence-electron chi connectivity index (χ4n) is 2.06. The van der Waals surface area contributed by atoms with E-state index in [9.17, 15) is 4.79 Å². The molecule has 1 aromatic rings. The van der Waals surface area contributed by atoms with E-state index >= 15 is 0 Å². The van der Waals surface area contributed by atoms with Crippen LogP contribution in [0.15, 0.2) is 6.20 Å². The maximum atomic E-state index is 10.4. The average molecular weight is 224 g/mol. The number of thiazole rings is 1. The zero-order valence-corrected chi connectivity index (χ0v) is 9.80. The molecule has 0 bridgehead atoms. The summed E-state index contributed by atoms with van der Waals surface area (Å²) in [5.74, 6) is 0.578. The quantitative estimate of drug-likeness (QED) is 0.733. The maximum absolute atomic E-state index is 10.4. The standard InChI is InChI=1S/C11H16N2OS/c1-13-5-2-3-9(8-13)11-12-7-10(15-11)4-6-14/h6-7,9H,2-5,8H2,1H3. The zero-order valence-electron chi connectivity index (χ0n) is 8.98. The molecule has 82 valence electrons. The normalized spacial score (nSPS) is 22.9. The molecule has 2 rings (SSSR count). The van der Waals surface area contributed by atoms with Crippen molar-refractivity contribution < 1.29 is 4.79 Å². The van der Waals surface area contributed by atoms with Crippen molar-refractivity contribution in [3.63, 3.8) is 0 Å². The number of likely N-dealkylation sites (tertiary alicyclic amines) is 1. The first-order valence-corrected chi connectivity index (χ1v) is 6.18. The average Bonchev–Trinajstić information content (AvgIpc) is 2.67. The van der Waals surface area contributed by atoms with Gasteiger partial charge in [0, 0.05) is 30.0 Å². The van der Waals surface area contributed by atoms with Gasteiger partial charge in [0.05, 0.1) is 5.01 Å². The summed E-state index contributed by atoms with van der Waals surface area (Å²) in [4.78, 5) is 18.3. The molecule has 0 radical (unpaired) electrons. The number of hydrogen-bond donors (Lipinski definition) is 0. The van der Waals surface area contributed by atoms with Crippen LogP contribution in [0.5, 0.6) is 0 Å². The summed E-state index contributed by atoms with van der Waals surface area (Å²) in [7, 11) is 2.16. The number of likely N-dealkylation sites (N-methyl/N-ethyl adjacent to an activating group) is 1. The molecule has 15 heavy (non-hydrogen) atoms. The first-order chi connectivity index (χ1) is 7.29. The highest BCUT2D eigenvalue weighted by molar-refractivity contribution is 7.11. The van der Waals surface area contributed by atoms with Crippen molar-refractivity contribution in [3.8, 4) is 0 Å². The Kier molecular flexibility index (Phi) is 3.49. The fraction of sp³-hybridized carbons (Fsp3) is 0.636. The lowest BCUT2D eigenvalue weighted by atomic mass is 9.99. The van der Waals surface area contributed by atoms with Crippen LogP contribution in [-0.2, 0) is 11.2 Å². The Morgan fingerprint density at radius 2 is 2.60 bits per heavy atom. The van der Waals surface area contributed by atoms with E-state index in [-0.39, 0.29) is 0 Å². The first-order valence-electron chi connectivity index (χ1n) is 5.36. The van der Waals surface area contributed by atoms with Crippen LogP contribution >= 0.6 is 11.3 Å². The number of carbonyl (C=O) groups is 1. The molecule has 1 atom stereocenters. The van der Waals surface area contributed by atoms with Gasteiger partial charge in [-0.15, -0.1) is 11.3 Å². The van der Waals surface area contributed by atoms with Crippen LogP contribution in [0.1, 0.15) is 28.6 Å². The Bertz CT molecular complexity index is 337. The minimum absolute atomic E-state index is 0.514. The lowest BCUT2D eigenvalue weighted by Crippen LogP contribution is -2.30. The van der Waals surface area contributed by atoms with Gasteiger partial charge in [0.15, 0.2) is 0 Å². The van der Waals surface area contributed by atoms with E-state index in [0.29, 0.717) is 12.3 Å². The number of nitrogens with zero attached hydrogens (tertiary/aromatic N) is 2. The molecule has 1 saturated heterocycles. The van der Waals surface area contributed by atoms with Crippen molar-refractivity contribution in [2.45, 2.75) is 25.2 Å². The van der Waals surface area contributed by atoms with Gasteiger partial charge in [-0.05, 0) is 26.4 Å². The largest absolute Gasteiger partial charge is 0.306 e. The Morgan fingerprint density at radius 1 is 1.73 bits per heavy atom. The summed E-state index contributed by atoms with van der Waals surface area (Å²) in [5, 5.41) is 1.21. The number of rotatable bonds is 3. The number of carbonyl (C=O) groups excluding carboxylic acids is 1. The highest BCUT2D eigenvalue weighted by atomic mass is 32.1. The van der Waals surface area contributed by atoms with Gasteiger partial charge >= 0.3 is 0 Å². The van der Waals surface area contributed by atoms with Crippen LogP contribution in [-0.4, -0.2) is 36.3 Å². The summed E-state index contributed by atoms with van der Waals surface area (Å²) < 4.78 is 0. The molecule has 0 aromatic carbocycles. The van der Waals surface area contributed by atoms with Crippen LogP contribution < -0.4 is 0 Å². The van der Waals surface area contributed by atoms with Crippen molar-refractivity contribution >= 4 is 17.6 Å². The smallest absolute Gasteiger partial charge is 0.125 e. The molecule has 3 nitrogen and oxygen atoms in total. The molecule has 1 unspecified atom stereocenters. The topological polar surface area (TPSA) is 33.2 Å². The van der Waals surface area contributed by atoms with Crippen LogP contribution in [0, 0.1) is 0 Å². The second kappa shape index (κ2) is 4.86. The van der Waals surface area contributed by atoms with E-state index in [2.05, 4.69) is 16.9 Å². The van der Waals surface area contributed by atoms with E-state index in [4.69, 9.17) is 0 Å². The molecule has 2 heterocycles. The van der Waals surface area contributed by atoms with E-state index in [0.717, 1.165) is 17.7 Å². The maximum Gasteiger partial charge on any atom is 0.125 e. The molecule has 1 aliphatic rings. The van der Waals surface area contributed by atoms with E-state index in [1.807, 2.05) is 6.20 Å². The lowest BCUT2D eigenvalue weighted by molar-refractivity contribution is -0.107. The Hall–Kier alpha value is -0.740. The number of aldehydes is 1. The van der Waals surface area contributed by atoms with E-state index < -0.39 is 0 Å². The van der Waals surface area contributed by atoms with Crippen LogP contribution in [0.3, 0.4) is 0 Å². The highest BCUT2D eigenvalue weighted by Crippen LogP contribution is 2.29. The van der Waals surface area contributed by atoms with Crippen molar-refractivity contribution in [3.05, 3.63) is 16.1 Å². The summed E-state index contributed by atoms with van der Waals surface area (Å²) in [6.07, 6.45) is 5.80. The molecule has 1 aliphatic heterocycles. The third kappa shape index (κ3) is 2.63. The van der Waals surface area contributed by atoms with Gasteiger partial charge in [0.1, 0.15) is 6.29 Å². The third-order valence-electron chi connectivity index (χ3n) is 2.83. The van der Waals surface area contributed by atoms with Gasteiger partial charge in [-0.25, -0.2) is 4.98 Å². The summed E-state index contributed by atoms with van der Waals surface area (Å²) in [6, 6.07) is 0. The number of aromatic nitrogens is 1. The minimum Gasteiger partial charge on any atom is -0.306 e. The summed E-state index contributed by atoms with van der Waals surface area (Å²) in [6.45, 7) is 2.30. The summed E-state index contributed by atoms with van der Waals surface area (Å²) in [5.41, 5.74) is 0. The van der Waals surface area contributed by atoms with Gasteiger partial charge in [-0.2, -0.15) is 0 Å². The van der Waals surface area contributed by atoms with Gasteiger partial charge in [-0.3, -0.25) is 0 Å². The predicted octanol–water partition coefficient (Wildman–Crippen LogP) is 1.69. The third-order valence-corrected chi connectivity index (χ3v) is 4.01. The number of hydrogen-bond acceptors (Lipinski definition) is 4. The van der Waals surface area contributed by atoms with E-state index in [1.54, 1.807) is 11.3 Å². The molecule has 0 spiro atoms. The molecule has 0 aliphatic carbocycles. The van der Waals surface area contributed by atoms with Gasteiger partial charge in [0.2, 0.25) is 0 Å². The Labute approximate surface area is 94.1 Å². The molecule has 1 aromatic heterocycles. The molecule has 4 heteroatoms. The highest BCUT2D eigenvalue weighted by Gasteiger charge is 2.21. The number of piperidine rings is 1. The molecular formula is C11H16N2OS. The van der Waals surface area contributed by atoms with Crippen LogP contribution in [0.25, 0.3) is 0 Å². The second-order valence-corrected chi connectivity index (χ2v) is 5.28. The van der Waals surface area contributed by atoms with Gasteiger partial charge in [0.25, 0.3) is 0 Å². The second-order valence-electron chi connectivity index (χ2n) is 4.14. The molecule has 0 N–H and O–H groups in total. The van der Waals surface area contributed by atoms with Crippen LogP contribution in [0.4, 0.5) is 0 Å². The summed E-state index contributed by atoms with van der Waals surface area (Å²) >= 11 is 1.70. The van der Waals surface area contributed by atoms with Gasteiger partial charge < -0.3 is 9.69 Å². The fourth-order valence-corrected chi connectivity index (χ4v) is 3.05. The molecule has 1 fully saturated rings. The monoisotopic (exact) mass is 224 g/mol. The zero-order chi connectivity index (χ0) is 10.7. The molecule has 0 amide bonds. The molecular weight excluding hydrogens is 208 g/mol. The van der Waals surface area contributed by atoms with Crippen molar-refractivity contribution in [2.75, 3.05) is 20.1 Å². The van der Waals surface area contributed by atoms with Crippen molar-refractivity contribution in [1.82, 2.24) is 9.88 Å². The van der Waals surface area contributed by atoms with Crippen LogP contribution in [0.2, 0.25) is 0 Å². The first kappa shape index (κ1) is 10.8. The molecule has 0 saturated carbocycles. The van der Waals surface area contributed by atoms with E-state index in [1.165, 1.54) is 24.4 Å². The predicted molar refractivity (Wildman–Crippen MR) is 61.4 cm³/mol. The Balaban J connectivity index is 2.04. The van der Waals surface area contributed by atoms with Crippen molar-refractivity contribution in [2.24, 2.45) is 0 Å². The Morgan fingerprint density at radius 3 is 3.33 bits per heavy atom. The van der Waals surface area contributed by atoms with Gasteiger partial charge in [-0.1, -0.05) is 0 Å². The minimum atomic E-state index is 0.514. The SMILES string of the molecule is CN1CCCC(c2ncc(CC=O)s2)C1.